The molecule has 0 saturated carbocycles. The fourth-order valence-corrected chi connectivity index (χ4v) is 1.40. The Labute approximate surface area is 90.8 Å². The number of hydrogen-bond acceptors (Lipinski definition) is 4. The molecule has 84 valence electrons. The number of nitrogens with one attached hydrogen (secondary N) is 1. The fourth-order valence-electron chi connectivity index (χ4n) is 1.40. The summed E-state index contributed by atoms with van der Waals surface area (Å²) in [6, 6.07) is 2.19. The quantitative estimate of drug-likeness (QED) is 0.772. The van der Waals surface area contributed by atoms with Crippen LogP contribution in [0.4, 0.5) is 5.82 Å². The van der Waals surface area contributed by atoms with E-state index < -0.39 is 0 Å². The van der Waals surface area contributed by atoms with Crippen molar-refractivity contribution in [3.8, 4) is 0 Å². The average molecular weight is 209 g/mol. The van der Waals surface area contributed by atoms with Gasteiger partial charge in [0, 0.05) is 24.4 Å². The highest BCUT2D eigenvalue weighted by Gasteiger charge is 2.04. The van der Waals surface area contributed by atoms with Gasteiger partial charge in [0.25, 0.3) is 0 Å². The predicted molar refractivity (Wildman–Crippen MR) is 60.9 cm³/mol. The molecular formula is C11H19N3O. The first kappa shape index (κ1) is 11.9. The van der Waals surface area contributed by atoms with Crippen LogP contribution in [0.2, 0.25) is 0 Å². The van der Waals surface area contributed by atoms with Crippen molar-refractivity contribution in [1.29, 1.82) is 0 Å². The molecule has 2 N–H and O–H groups in total. The first-order valence-electron chi connectivity index (χ1n) is 5.37. The molecule has 4 heteroatoms. The molecule has 1 rings (SSSR count). The van der Waals surface area contributed by atoms with Crippen molar-refractivity contribution in [3.63, 3.8) is 0 Å². The summed E-state index contributed by atoms with van der Waals surface area (Å²) in [5, 5.41) is 12.0. The first-order valence-corrected chi connectivity index (χ1v) is 5.37. The molecule has 0 aromatic carbocycles. The maximum absolute atomic E-state index is 8.80. The number of rotatable bonds is 5. The van der Waals surface area contributed by atoms with Crippen molar-refractivity contribution < 1.29 is 5.11 Å². The molecule has 0 spiro atoms. The largest absolute Gasteiger partial charge is 0.396 e. The predicted octanol–water partition coefficient (Wildman–Crippen LogP) is 1.53. The standard InChI is InChI=1S/C11H19N3O/c1-4-10-7-11(14-9(3)13-10)12-8(2)5-6-15/h7-8,15H,4-6H2,1-3H3,(H,12,13,14)/t8-/m0/s1. The van der Waals surface area contributed by atoms with E-state index in [0.29, 0.717) is 0 Å². The van der Waals surface area contributed by atoms with Gasteiger partial charge in [0.2, 0.25) is 0 Å². The second kappa shape index (κ2) is 5.66. The zero-order valence-corrected chi connectivity index (χ0v) is 9.62. The Balaban J connectivity index is 2.71. The van der Waals surface area contributed by atoms with Gasteiger partial charge in [-0.05, 0) is 26.7 Å². The number of aliphatic hydroxyl groups excluding tert-OH is 1. The van der Waals surface area contributed by atoms with Crippen LogP contribution in [0.3, 0.4) is 0 Å². The van der Waals surface area contributed by atoms with Crippen molar-refractivity contribution in [2.24, 2.45) is 0 Å². The van der Waals surface area contributed by atoms with Gasteiger partial charge in [-0.1, -0.05) is 6.92 Å². The molecule has 0 unspecified atom stereocenters. The van der Waals surface area contributed by atoms with Crippen LogP contribution in [0.25, 0.3) is 0 Å². The summed E-state index contributed by atoms with van der Waals surface area (Å²) in [5.74, 6) is 1.63. The van der Waals surface area contributed by atoms with E-state index in [1.807, 2.05) is 19.9 Å². The third-order valence-electron chi connectivity index (χ3n) is 2.21. The fraction of sp³-hybridized carbons (Fsp3) is 0.636. The van der Waals surface area contributed by atoms with Gasteiger partial charge in [-0.25, -0.2) is 9.97 Å². The highest BCUT2D eigenvalue weighted by atomic mass is 16.3. The van der Waals surface area contributed by atoms with E-state index >= 15 is 0 Å². The highest BCUT2D eigenvalue weighted by Crippen LogP contribution is 2.09. The van der Waals surface area contributed by atoms with Crippen LogP contribution >= 0.6 is 0 Å². The van der Waals surface area contributed by atoms with E-state index in [0.717, 1.165) is 30.2 Å². The number of anilines is 1. The summed E-state index contributed by atoms with van der Waals surface area (Å²) in [5.41, 5.74) is 1.04. The molecule has 0 saturated heterocycles. The van der Waals surface area contributed by atoms with Gasteiger partial charge in [-0.15, -0.1) is 0 Å². The van der Waals surface area contributed by atoms with Crippen molar-refractivity contribution in [3.05, 3.63) is 17.6 Å². The van der Waals surface area contributed by atoms with E-state index in [2.05, 4.69) is 22.2 Å². The number of nitrogens with zero attached hydrogens (tertiary/aromatic N) is 2. The lowest BCUT2D eigenvalue weighted by Gasteiger charge is -2.13. The van der Waals surface area contributed by atoms with Crippen LogP contribution < -0.4 is 5.32 Å². The molecule has 0 aliphatic rings. The summed E-state index contributed by atoms with van der Waals surface area (Å²) in [4.78, 5) is 8.61. The molecule has 1 aromatic rings. The van der Waals surface area contributed by atoms with Gasteiger partial charge in [0.1, 0.15) is 11.6 Å². The maximum atomic E-state index is 8.80. The maximum Gasteiger partial charge on any atom is 0.130 e. The van der Waals surface area contributed by atoms with E-state index in [9.17, 15) is 0 Å². The molecule has 1 aromatic heterocycles. The van der Waals surface area contributed by atoms with Crippen molar-refractivity contribution in [2.45, 2.75) is 39.7 Å². The minimum Gasteiger partial charge on any atom is -0.396 e. The Morgan fingerprint density at radius 1 is 1.47 bits per heavy atom. The van der Waals surface area contributed by atoms with Gasteiger partial charge < -0.3 is 10.4 Å². The van der Waals surface area contributed by atoms with Gasteiger partial charge in [-0.3, -0.25) is 0 Å². The van der Waals surface area contributed by atoms with Crippen LogP contribution in [0.5, 0.6) is 0 Å². The Hall–Kier alpha value is -1.16. The average Bonchev–Trinajstić information content (AvgIpc) is 2.17. The first-order chi connectivity index (χ1) is 7.15. The summed E-state index contributed by atoms with van der Waals surface area (Å²) in [7, 11) is 0. The summed E-state index contributed by atoms with van der Waals surface area (Å²) in [6.45, 7) is 6.18. The third-order valence-corrected chi connectivity index (χ3v) is 2.21. The van der Waals surface area contributed by atoms with E-state index in [-0.39, 0.29) is 12.6 Å². The van der Waals surface area contributed by atoms with Crippen LogP contribution in [0.1, 0.15) is 31.8 Å². The van der Waals surface area contributed by atoms with Gasteiger partial charge in [0.05, 0.1) is 0 Å². The third kappa shape index (κ3) is 3.83. The Morgan fingerprint density at radius 2 is 2.20 bits per heavy atom. The molecule has 0 aliphatic heterocycles. The zero-order chi connectivity index (χ0) is 11.3. The Morgan fingerprint density at radius 3 is 2.80 bits per heavy atom. The zero-order valence-electron chi connectivity index (χ0n) is 9.62. The van der Waals surface area contributed by atoms with Crippen LogP contribution in [0, 0.1) is 6.92 Å². The molecule has 1 heterocycles. The SMILES string of the molecule is CCc1cc(N[C@@H](C)CCO)nc(C)n1. The lowest BCUT2D eigenvalue weighted by molar-refractivity contribution is 0.282. The monoisotopic (exact) mass is 209 g/mol. The lowest BCUT2D eigenvalue weighted by atomic mass is 10.2. The molecular weight excluding hydrogens is 190 g/mol. The van der Waals surface area contributed by atoms with E-state index in [1.165, 1.54) is 0 Å². The van der Waals surface area contributed by atoms with Crippen molar-refractivity contribution in [2.75, 3.05) is 11.9 Å². The summed E-state index contributed by atoms with van der Waals surface area (Å²) in [6.07, 6.45) is 1.64. The van der Waals surface area contributed by atoms with Crippen molar-refractivity contribution >= 4 is 5.82 Å². The number of hydrogen-bond donors (Lipinski definition) is 2. The van der Waals surface area contributed by atoms with E-state index in [4.69, 9.17) is 5.11 Å². The second-order valence-corrected chi connectivity index (χ2v) is 3.70. The normalized spacial score (nSPS) is 12.5. The van der Waals surface area contributed by atoms with Crippen LogP contribution in [-0.4, -0.2) is 27.7 Å². The molecule has 0 fully saturated rings. The minimum absolute atomic E-state index is 0.193. The van der Waals surface area contributed by atoms with Crippen LogP contribution in [-0.2, 0) is 6.42 Å². The topological polar surface area (TPSA) is 58.0 Å². The molecule has 15 heavy (non-hydrogen) atoms. The van der Waals surface area contributed by atoms with E-state index in [1.54, 1.807) is 0 Å². The van der Waals surface area contributed by atoms with Crippen molar-refractivity contribution in [1.82, 2.24) is 9.97 Å². The second-order valence-electron chi connectivity index (χ2n) is 3.70. The smallest absolute Gasteiger partial charge is 0.130 e. The molecule has 0 amide bonds. The molecule has 4 nitrogen and oxygen atoms in total. The van der Waals surface area contributed by atoms with Crippen LogP contribution in [0.15, 0.2) is 6.07 Å². The molecule has 0 aliphatic carbocycles. The lowest BCUT2D eigenvalue weighted by Crippen LogP contribution is -2.18. The highest BCUT2D eigenvalue weighted by molar-refractivity contribution is 5.36. The molecule has 1 atom stereocenters. The Kier molecular flexibility index (Phi) is 4.49. The number of aromatic nitrogens is 2. The number of aliphatic hydroxyl groups is 1. The summed E-state index contributed by atoms with van der Waals surface area (Å²) >= 11 is 0. The summed E-state index contributed by atoms with van der Waals surface area (Å²) < 4.78 is 0. The number of aryl methyl sites for hydroxylation is 2. The minimum atomic E-state index is 0.193. The molecule has 0 bridgehead atoms. The molecule has 0 radical (unpaired) electrons. The van der Waals surface area contributed by atoms with Gasteiger partial charge in [-0.2, -0.15) is 0 Å². The van der Waals surface area contributed by atoms with Gasteiger partial charge in [0.15, 0.2) is 0 Å². The van der Waals surface area contributed by atoms with Gasteiger partial charge >= 0.3 is 0 Å². The Bertz CT molecular complexity index is 315.